The number of aliphatic imine (C=N–C) groups is 1. The van der Waals surface area contributed by atoms with E-state index in [4.69, 9.17) is 5.84 Å². The number of rotatable bonds is 2. The third-order valence-electron chi connectivity index (χ3n) is 1.27. The summed E-state index contributed by atoms with van der Waals surface area (Å²) in [6.45, 7) is 3.97. The van der Waals surface area contributed by atoms with Crippen molar-refractivity contribution in [1.29, 1.82) is 0 Å². The van der Waals surface area contributed by atoms with E-state index in [9.17, 15) is 0 Å². The van der Waals surface area contributed by atoms with Gasteiger partial charge in [-0.2, -0.15) is 0 Å². The molecule has 0 spiro atoms. The first kappa shape index (κ1) is 10.6. The van der Waals surface area contributed by atoms with Crippen molar-refractivity contribution < 1.29 is 0 Å². The molecule has 0 aliphatic heterocycles. The Morgan fingerprint density at radius 1 is 1.77 bits per heavy atom. The molecule has 0 fully saturated rings. The van der Waals surface area contributed by atoms with Gasteiger partial charge in [-0.3, -0.25) is 4.99 Å². The van der Waals surface area contributed by atoms with Gasteiger partial charge in [-0.15, -0.1) is 11.3 Å². The lowest BCUT2D eigenvalue weighted by Gasteiger charge is -2.04. The molecule has 0 radical (unpaired) electrons. The summed E-state index contributed by atoms with van der Waals surface area (Å²) in [6, 6.07) is 0.194. The molecule has 0 unspecified atom stereocenters. The van der Waals surface area contributed by atoms with Crippen LogP contribution in [0.2, 0.25) is 0 Å². The molecule has 0 amide bonds. The molecule has 1 heterocycles. The number of thiazole rings is 1. The summed E-state index contributed by atoms with van der Waals surface area (Å²) in [7, 11) is 0. The van der Waals surface area contributed by atoms with Crippen LogP contribution in [0, 0.1) is 0 Å². The summed E-state index contributed by atoms with van der Waals surface area (Å²) in [5, 5.41) is 0. The van der Waals surface area contributed by atoms with Gasteiger partial charge in [0.2, 0.25) is 0 Å². The van der Waals surface area contributed by atoms with E-state index in [1.54, 1.807) is 5.51 Å². The molecule has 0 aliphatic rings. The van der Waals surface area contributed by atoms with Gasteiger partial charge >= 0.3 is 0 Å². The summed E-state index contributed by atoms with van der Waals surface area (Å²) in [4.78, 5) is 8.43. The molecule has 0 saturated carbocycles. The van der Waals surface area contributed by atoms with Crippen molar-refractivity contribution in [3.8, 4) is 0 Å². The number of nitrogens with zero attached hydrogens (tertiary/aromatic N) is 2. The highest BCUT2D eigenvalue weighted by Gasteiger charge is 2.09. The lowest BCUT2D eigenvalue weighted by atomic mass is 10.4. The summed E-state index contributed by atoms with van der Waals surface area (Å²) >= 11 is 4.88. The number of nitrogens with one attached hydrogen (secondary N) is 1. The Morgan fingerprint density at radius 3 is 2.85 bits per heavy atom. The first-order chi connectivity index (χ1) is 6.15. The molecule has 72 valence electrons. The van der Waals surface area contributed by atoms with Gasteiger partial charge in [-0.1, -0.05) is 0 Å². The van der Waals surface area contributed by atoms with Gasteiger partial charge in [0, 0.05) is 6.04 Å². The van der Waals surface area contributed by atoms with Crippen LogP contribution in [0.25, 0.3) is 0 Å². The van der Waals surface area contributed by atoms with Crippen molar-refractivity contribution in [2.75, 3.05) is 0 Å². The third-order valence-corrected chi connectivity index (χ3v) is 2.82. The lowest BCUT2D eigenvalue weighted by Crippen LogP contribution is -2.32. The van der Waals surface area contributed by atoms with Crippen LogP contribution in [-0.4, -0.2) is 16.9 Å². The fourth-order valence-electron chi connectivity index (χ4n) is 0.811. The predicted molar refractivity (Wildman–Crippen MR) is 58.8 cm³/mol. The van der Waals surface area contributed by atoms with E-state index < -0.39 is 0 Å². The molecule has 6 heteroatoms. The maximum Gasteiger partial charge on any atom is 0.163 e. The SMILES string of the molecule is CC(C)N=C(NN)c1ncsc1Br. The minimum Gasteiger partial charge on any atom is -0.307 e. The maximum absolute atomic E-state index is 5.34. The van der Waals surface area contributed by atoms with E-state index in [2.05, 4.69) is 31.3 Å². The van der Waals surface area contributed by atoms with E-state index >= 15 is 0 Å². The molecule has 13 heavy (non-hydrogen) atoms. The van der Waals surface area contributed by atoms with Crippen LogP contribution < -0.4 is 11.3 Å². The highest BCUT2D eigenvalue weighted by atomic mass is 79.9. The number of amidine groups is 1. The van der Waals surface area contributed by atoms with Crippen LogP contribution in [0.4, 0.5) is 0 Å². The number of aromatic nitrogens is 1. The zero-order chi connectivity index (χ0) is 9.84. The molecular formula is C7H11BrN4S. The summed E-state index contributed by atoms with van der Waals surface area (Å²) in [5.74, 6) is 5.96. The Balaban J connectivity index is 2.97. The van der Waals surface area contributed by atoms with Crippen molar-refractivity contribution in [2.45, 2.75) is 19.9 Å². The average Bonchev–Trinajstić information content (AvgIpc) is 2.47. The van der Waals surface area contributed by atoms with Gasteiger partial charge in [0.25, 0.3) is 0 Å². The second kappa shape index (κ2) is 4.69. The molecule has 1 aromatic rings. The van der Waals surface area contributed by atoms with Crippen molar-refractivity contribution in [3.63, 3.8) is 0 Å². The molecule has 0 bridgehead atoms. The van der Waals surface area contributed by atoms with Crippen LogP contribution in [0.15, 0.2) is 14.3 Å². The fraction of sp³-hybridized carbons (Fsp3) is 0.429. The van der Waals surface area contributed by atoms with Crippen molar-refractivity contribution in [2.24, 2.45) is 10.8 Å². The average molecular weight is 263 g/mol. The molecule has 0 aliphatic carbocycles. The first-order valence-electron chi connectivity index (χ1n) is 3.79. The minimum absolute atomic E-state index is 0.194. The predicted octanol–water partition coefficient (Wildman–Crippen LogP) is 1.52. The number of hydrogen-bond donors (Lipinski definition) is 2. The van der Waals surface area contributed by atoms with Crippen LogP contribution >= 0.6 is 27.3 Å². The molecule has 0 saturated heterocycles. The van der Waals surface area contributed by atoms with Crippen molar-refractivity contribution in [3.05, 3.63) is 15.0 Å². The quantitative estimate of drug-likeness (QED) is 0.368. The number of hydrazine groups is 1. The van der Waals surface area contributed by atoms with Gasteiger partial charge in [0.1, 0.15) is 9.48 Å². The van der Waals surface area contributed by atoms with Gasteiger partial charge in [-0.05, 0) is 29.8 Å². The van der Waals surface area contributed by atoms with Gasteiger partial charge in [0.15, 0.2) is 5.84 Å². The summed E-state index contributed by atoms with van der Waals surface area (Å²) < 4.78 is 0.935. The Bertz CT molecular complexity index is 307. The zero-order valence-corrected chi connectivity index (χ0v) is 9.82. The second-order valence-corrected chi connectivity index (χ2v) is 4.86. The number of nitrogens with two attached hydrogens (primary N) is 1. The smallest absolute Gasteiger partial charge is 0.163 e. The highest BCUT2D eigenvalue weighted by molar-refractivity contribution is 9.11. The van der Waals surface area contributed by atoms with Gasteiger partial charge in [0.05, 0.1) is 5.51 Å². The molecule has 3 N–H and O–H groups in total. The van der Waals surface area contributed by atoms with Crippen molar-refractivity contribution in [1.82, 2.24) is 10.4 Å². The molecule has 4 nitrogen and oxygen atoms in total. The van der Waals surface area contributed by atoms with Crippen LogP contribution in [0.3, 0.4) is 0 Å². The van der Waals surface area contributed by atoms with Gasteiger partial charge in [-0.25, -0.2) is 10.8 Å². The zero-order valence-electron chi connectivity index (χ0n) is 7.41. The topological polar surface area (TPSA) is 63.3 Å². The fourth-order valence-corrected chi connectivity index (χ4v) is 1.86. The Morgan fingerprint density at radius 2 is 2.46 bits per heavy atom. The summed E-state index contributed by atoms with van der Waals surface area (Å²) in [6.07, 6.45) is 0. The van der Waals surface area contributed by atoms with E-state index in [0.29, 0.717) is 5.84 Å². The highest BCUT2D eigenvalue weighted by Crippen LogP contribution is 2.20. The number of hydrogen-bond acceptors (Lipinski definition) is 4. The van der Waals surface area contributed by atoms with Crippen LogP contribution in [-0.2, 0) is 0 Å². The Kier molecular flexibility index (Phi) is 3.83. The standard InChI is InChI=1S/C7H11BrN4S/c1-4(2)11-7(12-9)5-6(8)13-3-10-5/h3-4H,9H2,1-2H3,(H,11,12). The van der Waals surface area contributed by atoms with E-state index in [1.165, 1.54) is 11.3 Å². The molecule has 1 rings (SSSR count). The van der Waals surface area contributed by atoms with E-state index in [1.807, 2.05) is 13.8 Å². The first-order valence-corrected chi connectivity index (χ1v) is 5.46. The summed E-state index contributed by atoms with van der Waals surface area (Å²) in [5.41, 5.74) is 5.05. The Hall–Kier alpha value is -0.460. The van der Waals surface area contributed by atoms with Crippen LogP contribution in [0.5, 0.6) is 0 Å². The number of halogens is 1. The monoisotopic (exact) mass is 262 g/mol. The molecule has 0 atom stereocenters. The largest absolute Gasteiger partial charge is 0.307 e. The normalized spacial score (nSPS) is 12.2. The maximum atomic E-state index is 5.34. The molecular weight excluding hydrogens is 252 g/mol. The van der Waals surface area contributed by atoms with Crippen LogP contribution in [0.1, 0.15) is 19.5 Å². The third kappa shape index (κ3) is 2.75. The minimum atomic E-state index is 0.194. The van der Waals surface area contributed by atoms with Crippen molar-refractivity contribution >= 4 is 33.1 Å². The second-order valence-electron chi connectivity index (χ2n) is 2.69. The molecule has 0 aromatic carbocycles. The lowest BCUT2D eigenvalue weighted by molar-refractivity contribution is 0.819. The molecule has 1 aromatic heterocycles. The Labute approximate surface area is 89.4 Å². The van der Waals surface area contributed by atoms with E-state index in [-0.39, 0.29) is 6.04 Å². The van der Waals surface area contributed by atoms with E-state index in [0.717, 1.165) is 9.48 Å². The van der Waals surface area contributed by atoms with Gasteiger partial charge < -0.3 is 5.43 Å².